The van der Waals surface area contributed by atoms with Crippen molar-refractivity contribution in [1.29, 1.82) is 0 Å². The molecular formula is C14H17NO2. The van der Waals surface area contributed by atoms with Crippen LogP contribution in [0.4, 0.5) is 0 Å². The molecular weight excluding hydrogens is 214 g/mol. The Labute approximate surface area is 102 Å². The lowest BCUT2D eigenvalue weighted by molar-refractivity contribution is -0.134. The Kier molecular flexibility index (Phi) is 3.29. The van der Waals surface area contributed by atoms with E-state index < -0.39 is 0 Å². The molecule has 3 nitrogen and oxygen atoms in total. The molecule has 0 saturated heterocycles. The molecule has 0 spiro atoms. The van der Waals surface area contributed by atoms with Crippen LogP contribution in [0.2, 0.25) is 0 Å². The van der Waals surface area contributed by atoms with Crippen molar-refractivity contribution in [2.45, 2.75) is 26.6 Å². The summed E-state index contributed by atoms with van der Waals surface area (Å²) in [5, 5.41) is 0. The molecule has 0 fully saturated rings. The van der Waals surface area contributed by atoms with Gasteiger partial charge in [0.05, 0.1) is 0 Å². The van der Waals surface area contributed by atoms with Crippen LogP contribution in [0.15, 0.2) is 41.5 Å². The van der Waals surface area contributed by atoms with E-state index in [0.717, 1.165) is 16.7 Å². The molecule has 1 aromatic rings. The highest BCUT2D eigenvalue weighted by atomic mass is 16.5. The summed E-state index contributed by atoms with van der Waals surface area (Å²) in [5.41, 5.74) is 2.92. The van der Waals surface area contributed by atoms with Gasteiger partial charge in [-0.3, -0.25) is 4.79 Å². The summed E-state index contributed by atoms with van der Waals surface area (Å²) >= 11 is 0. The van der Waals surface area contributed by atoms with Crippen molar-refractivity contribution in [1.82, 2.24) is 4.90 Å². The maximum absolute atomic E-state index is 12.1. The van der Waals surface area contributed by atoms with Gasteiger partial charge in [0.2, 0.25) is 0 Å². The van der Waals surface area contributed by atoms with E-state index in [4.69, 9.17) is 4.74 Å². The van der Waals surface area contributed by atoms with Crippen LogP contribution in [0, 0.1) is 0 Å². The van der Waals surface area contributed by atoms with Crippen molar-refractivity contribution >= 4 is 5.91 Å². The Balaban J connectivity index is 2.20. The maximum atomic E-state index is 12.1. The minimum absolute atomic E-state index is 0.0678. The molecule has 0 aromatic heterocycles. The second-order valence-electron chi connectivity index (χ2n) is 4.31. The summed E-state index contributed by atoms with van der Waals surface area (Å²) in [6, 6.07) is 9.96. The first-order valence-corrected chi connectivity index (χ1v) is 5.70. The van der Waals surface area contributed by atoms with E-state index in [1.165, 1.54) is 0 Å². The van der Waals surface area contributed by atoms with Crippen LogP contribution in [-0.2, 0) is 16.1 Å². The maximum Gasteiger partial charge on any atom is 0.252 e. The van der Waals surface area contributed by atoms with E-state index in [1.54, 1.807) is 12.0 Å². The van der Waals surface area contributed by atoms with E-state index in [1.807, 2.05) is 44.2 Å². The molecule has 1 atom stereocenters. The van der Waals surface area contributed by atoms with Crippen molar-refractivity contribution in [3.63, 3.8) is 0 Å². The van der Waals surface area contributed by atoms with Gasteiger partial charge in [0.25, 0.3) is 5.91 Å². The fourth-order valence-electron chi connectivity index (χ4n) is 2.15. The zero-order valence-electron chi connectivity index (χ0n) is 10.4. The largest absolute Gasteiger partial charge is 0.357 e. The molecule has 2 rings (SSSR count). The van der Waals surface area contributed by atoms with E-state index in [2.05, 4.69) is 0 Å². The van der Waals surface area contributed by atoms with Gasteiger partial charge in [-0.25, -0.2) is 0 Å². The molecule has 1 aromatic carbocycles. The quantitative estimate of drug-likeness (QED) is 0.799. The molecule has 0 radical (unpaired) electrons. The minimum atomic E-state index is -0.220. The summed E-state index contributed by atoms with van der Waals surface area (Å²) in [7, 11) is 1.64. The van der Waals surface area contributed by atoms with Crippen LogP contribution in [-0.4, -0.2) is 24.1 Å². The summed E-state index contributed by atoms with van der Waals surface area (Å²) in [6.07, 6.45) is -0.220. The molecule has 1 aliphatic heterocycles. The van der Waals surface area contributed by atoms with E-state index in [0.29, 0.717) is 6.54 Å². The number of hydrogen-bond acceptors (Lipinski definition) is 2. The number of carbonyl (C=O) groups excluding carboxylic acids is 1. The standard InChI is InChI=1S/C14H17NO2/c1-10-11(2)14(17-3)15(13(10)16)9-12-7-5-4-6-8-12/h4-8,14H,9H2,1-3H3/t14-/m1/s1. The van der Waals surface area contributed by atoms with Crippen molar-refractivity contribution in [2.75, 3.05) is 7.11 Å². The number of rotatable bonds is 3. The van der Waals surface area contributed by atoms with Gasteiger partial charge < -0.3 is 9.64 Å². The number of hydrogen-bond donors (Lipinski definition) is 0. The monoisotopic (exact) mass is 231 g/mol. The summed E-state index contributed by atoms with van der Waals surface area (Å²) in [5.74, 6) is 0.0678. The highest BCUT2D eigenvalue weighted by Crippen LogP contribution is 2.27. The van der Waals surface area contributed by atoms with Gasteiger partial charge in [-0.2, -0.15) is 0 Å². The lowest BCUT2D eigenvalue weighted by Crippen LogP contribution is -2.36. The molecule has 1 heterocycles. The van der Waals surface area contributed by atoms with Gasteiger partial charge in [0.15, 0.2) is 6.23 Å². The lowest BCUT2D eigenvalue weighted by Gasteiger charge is -2.25. The van der Waals surface area contributed by atoms with Crippen LogP contribution in [0.5, 0.6) is 0 Å². The first-order chi connectivity index (χ1) is 8.15. The summed E-state index contributed by atoms with van der Waals surface area (Å²) in [6.45, 7) is 4.40. The van der Waals surface area contributed by atoms with Crippen molar-refractivity contribution < 1.29 is 9.53 Å². The highest BCUT2D eigenvalue weighted by molar-refractivity contribution is 5.96. The van der Waals surface area contributed by atoms with Gasteiger partial charge in [-0.1, -0.05) is 30.3 Å². The van der Waals surface area contributed by atoms with Crippen molar-refractivity contribution in [3.8, 4) is 0 Å². The Morgan fingerprint density at radius 3 is 2.47 bits per heavy atom. The molecule has 1 amide bonds. The van der Waals surface area contributed by atoms with Gasteiger partial charge in [0.1, 0.15) is 0 Å². The number of methoxy groups -OCH3 is 1. The average Bonchev–Trinajstić information content (AvgIpc) is 2.55. The lowest BCUT2D eigenvalue weighted by atomic mass is 10.2. The molecule has 3 heteroatoms. The molecule has 17 heavy (non-hydrogen) atoms. The van der Waals surface area contributed by atoms with Crippen LogP contribution >= 0.6 is 0 Å². The van der Waals surface area contributed by atoms with Crippen LogP contribution in [0.3, 0.4) is 0 Å². The second kappa shape index (κ2) is 4.72. The molecule has 0 saturated carbocycles. The van der Waals surface area contributed by atoms with E-state index in [-0.39, 0.29) is 12.1 Å². The smallest absolute Gasteiger partial charge is 0.252 e. The molecule has 0 aliphatic carbocycles. The third-order valence-corrected chi connectivity index (χ3v) is 3.25. The third-order valence-electron chi connectivity index (χ3n) is 3.25. The van der Waals surface area contributed by atoms with E-state index in [9.17, 15) is 4.79 Å². The summed E-state index contributed by atoms with van der Waals surface area (Å²) < 4.78 is 5.40. The number of ether oxygens (including phenoxy) is 1. The third kappa shape index (κ3) is 2.11. The fourth-order valence-corrected chi connectivity index (χ4v) is 2.15. The van der Waals surface area contributed by atoms with Crippen molar-refractivity contribution in [2.24, 2.45) is 0 Å². The predicted octanol–water partition coefficient (Wildman–Crippen LogP) is 2.34. The first kappa shape index (κ1) is 11.9. The normalized spacial score (nSPS) is 20.3. The number of amides is 1. The van der Waals surface area contributed by atoms with Crippen LogP contribution in [0.25, 0.3) is 0 Å². The zero-order chi connectivity index (χ0) is 12.4. The van der Waals surface area contributed by atoms with Crippen molar-refractivity contribution in [3.05, 3.63) is 47.0 Å². The minimum Gasteiger partial charge on any atom is -0.357 e. The van der Waals surface area contributed by atoms with Gasteiger partial charge in [-0.05, 0) is 25.0 Å². The van der Waals surface area contributed by atoms with Gasteiger partial charge in [0, 0.05) is 19.2 Å². The molecule has 90 valence electrons. The topological polar surface area (TPSA) is 29.5 Å². The fraction of sp³-hybridized carbons (Fsp3) is 0.357. The molecule has 0 bridgehead atoms. The van der Waals surface area contributed by atoms with E-state index >= 15 is 0 Å². The molecule has 1 aliphatic rings. The Morgan fingerprint density at radius 1 is 1.24 bits per heavy atom. The number of carbonyl (C=O) groups is 1. The highest BCUT2D eigenvalue weighted by Gasteiger charge is 2.34. The molecule has 0 unspecified atom stereocenters. The summed E-state index contributed by atoms with van der Waals surface area (Å²) in [4.78, 5) is 13.8. The zero-order valence-corrected chi connectivity index (χ0v) is 10.4. The Hall–Kier alpha value is -1.61. The Morgan fingerprint density at radius 2 is 1.88 bits per heavy atom. The average molecular weight is 231 g/mol. The second-order valence-corrected chi connectivity index (χ2v) is 4.31. The van der Waals surface area contributed by atoms with Crippen LogP contribution in [0.1, 0.15) is 19.4 Å². The first-order valence-electron chi connectivity index (χ1n) is 5.70. The van der Waals surface area contributed by atoms with Gasteiger partial charge in [-0.15, -0.1) is 0 Å². The van der Waals surface area contributed by atoms with Gasteiger partial charge >= 0.3 is 0 Å². The van der Waals surface area contributed by atoms with Crippen LogP contribution < -0.4 is 0 Å². The molecule has 0 N–H and O–H groups in total. The number of benzene rings is 1. The Bertz CT molecular complexity index is 451. The SMILES string of the molecule is CO[C@@H]1C(C)=C(C)C(=O)N1Cc1ccccc1. The predicted molar refractivity (Wildman–Crippen MR) is 66.2 cm³/mol. The number of nitrogens with zero attached hydrogens (tertiary/aromatic N) is 1.